The van der Waals surface area contributed by atoms with Crippen LogP contribution in [-0.2, 0) is 14.8 Å². The number of anilines is 1. The summed E-state index contributed by atoms with van der Waals surface area (Å²) in [4.78, 5) is 13.1. The van der Waals surface area contributed by atoms with Gasteiger partial charge in [-0.15, -0.1) is 0 Å². The van der Waals surface area contributed by atoms with Crippen molar-refractivity contribution in [2.45, 2.75) is 24.3 Å². The molecule has 0 spiro atoms. The van der Waals surface area contributed by atoms with E-state index in [4.69, 9.17) is 30.5 Å². The number of rotatable bonds is 12. The lowest BCUT2D eigenvalue weighted by Gasteiger charge is -2.26. The lowest BCUT2D eigenvalue weighted by Crippen LogP contribution is -2.42. The van der Waals surface area contributed by atoms with E-state index in [2.05, 4.69) is 5.32 Å². The van der Waals surface area contributed by atoms with E-state index in [1.165, 1.54) is 52.7 Å². The van der Waals surface area contributed by atoms with Crippen LogP contribution >= 0.6 is 11.6 Å². The maximum absolute atomic E-state index is 13.9. The van der Waals surface area contributed by atoms with E-state index in [9.17, 15) is 17.6 Å². The van der Waals surface area contributed by atoms with Gasteiger partial charge in [-0.3, -0.25) is 9.10 Å². The molecule has 39 heavy (non-hydrogen) atoms. The summed E-state index contributed by atoms with van der Waals surface area (Å²) in [5, 5.41) is 2.57. The standard InChI is InChI=1S/C27H30ClFN2O7S/c1-6-22(17-7-11-23(35-2)25(13-17)37-4)30-27(32)16-31(18-8-10-21(29)20(28)14-18)39(33,34)19-9-12-24(36-3)26(15-19)38-5/h7-15,22H,6,16H2,1-5H3,(H,30,32). The second kappa shape index (κ2) is 12.9. The molecule has 9 nitrogen and oxygen atoms in total. The molecule has 0 aliphatic carbocycles. The predicted molar refractivity (Wildman–Crippen MR) is 146 cm³/mol. The normalized spacial score (nSPS) is 11.9. The zero-order valence-corrected chi connectivity index (χ0v) is 23.7. The van der Waals surface area contributed by atoms with Gasteiger partial charge in [0.15, 0.2) is 23.0 Å². The van der Waals surface area contributed by atoms with E-state index < -0.39 is 34.3 Å². The summed E-state index contributed by atoms with van der Waals surface area (Å²) in [7, 11) is 1.48. The van der Waals surface area contributed by atoms with Gasteiger partial charge in [0.1, 0.15) is 12.4 Å². The highest BCUT2D eigenvalue weighted by Gasteiger charge is 2.30. The van der Waals surface area contributed by atoms with Gasteiger partial charge in [0.05, 0.1) is 50.1 Å². The zero-order chi connectivity index (χ0) is 28.7. The molecule has 1 unspecified atom stereocenters. The average molecular weight is 581 g/mol. The van der Waals surface area contributed by atoms with Crippen molar-refractivity contribution in [1.29, 1.82) is 0 Å². The summed E-state index contributed by atoms with van der Waals surface area (Å²) >= 11 is 5.96. The van der Waals surface area contributed by atoms with Crippen LogP contribution < -0.4 is 28.6 Å². The van der Waals surface area contributed by atoms with Gasteiger partial charge in [0.2, 0.25) is 5.91 Å². The topological polar surface area (TPSA) is 103 Å². The Bertz CT molecular complexity index is 1440. The molecule has 3 rings (SSSR count). The maximum atomic E-state index is 13.9. The molecule has 0 saturated carbocycles. The van der Waals surface area contributed by atoms with Crippen LogP contribution in [0.25, 0.3) is 0 Å². The van der Waals surface area contributed by atoms with Crippen LogP contribution in [0.4, 0.5) is 10.1 Å². The first kappa shape index (κ1) is 29.9. The molecule has 0 aliphatic heterocycles. The number of ether oxygens (including phenoxy) is 4. The molecule has 3 aromatic rings. The number of nitrogens with zero attached hydrogens (tertiary/aromatic N) is 1. The fraction of sp³-hybridized carbons (Fsp3) is 0.296. The van der Waals surface area contributed by atoms with Gasteiger partial charge in [-0.1, -0.05) is 24.6 Å². The minimum atomic E-state index is -4.34. The molecule has 1 atom stereocenters. The minimum Gasteiger partial charge on any atom is -0.493 e. The average Bonchev–Trinajstić information content (AvgIpc) is 2.95. The SMILES string of the molecule is CCC(NC(=O)CN(c1ccc(F)c(Cl)c1)S(=O)(=O)c1ccc(OC)c(OC)c1)c1ccc(OC)c(OC)c1. The quantitative estimate of drug-likeness (QED) is 0.322. The van der Waals surface area contributed by atoms with Crippen molar-refractivity contribution in [3.05, 3.63) is 71.0 Å². The van der Waals surface area contributed by atoms with Crippen molar-refractivity contribution in [3.63, 3.8) is 0 Å². The van der Waals surface area contributed by atoms with Crippen molar-refractivity contribution in [2.24, 2.45) is 0 Å². The first-order valence-electron chi connectivity index (χ1n) is 11.8. The summed E-state index contributed by atoms with van der Waals surface area (Å²) in [5.41, 5.74) is 0.744. The Morgan fingerprint density at radius 1 is 0.897 bits per heavy atom. The Balaban J connectivity index is 1.98. The fourth-order valence-electron chi connectivity index (χ4n) is 3.92. The largest absolute Gasteiger partial charge is 0.493 e. The number of nitrogens with one attached hydrogen (secondary N) is 1. The molecule has 0 bridgehead atoms. The molecular weight excluding hydrogens is 551 g/mol. The number of amides is 1. The van der Waals surface area contributed by atoms with Crippen LogP contribution in [0.1, 0.15) is 24.9 Å². The van der Waals surface area contributed by atoms with Crippen molar-refractivity contribution in [2.75, 3.05) is 39.3 Å². The van der Waals surface area contributed by atoms with Crippen LogP contribution in [0.5, 0.6) is 23.0 Å². The second-order valence-electron chi connectivity index (χ2n) is 8.27. The summed E-state index contributed by atoms with van der Waals surface area (Å²) in [5.74, 6) is 0.198. The van der Waals surface area contributed by atoms with E-state index in [1.54, 1.807) is 18.2 Å². The van der Waals surface area contributed by atoms with E-state index in [0.29, 0.717) is 23.7 Å². The molecule has 0 saturated heterocycles. The molecular formula is C27H30ClFN2O7S. The van der Waals surface area contributed by atoms with Crippen LogP contribution in [0.15, 0.2) is 59.5 Å². The molecule has 0 heterocycles. The molecule has 1 amide bonds. The molecule has 1 N–H and O–H groups in total. The lowest BCUT2D eigenvalue weighted by atomic mass is 10.0. The Morgan fingerprint density at radius 3 is 2.05 bits per heavy atom. The number of hydrogen-bond acceptors (Lipinski definition) is 7. The number of carbonyl (C=O) groups is 1. The summed E-state index contributed by atoms with van der Waals surface area (Å²) < 4.78 is 63.4. The van der Waals surface area contributed by atoms with Crippen molar-refractivity contribution in [1.82, 2.24) is 5.32 Å². The number of carbonyl (C=O) groups excluding carboxylic acids is 1. The second-order valence-corrected chi connectivity index (χ2v) is 10.5. The number of halogens is 2. The Morgan fingerprint density at radius 2 is 1.49 bits per heavy atom. The summed E-state index contributed by atoms with van der Waals surface area (Å²) in [6.07, 6.45) is 0.506. The van der Waals surface area contributed by atoms with Gasteiger partial charge in [0, 0.05) is 6.07 Å². The molecule has 0 fully saturated rings. The number of sulfonamides is 1. The smallest absolute Gasteiger partial charge is 0.264 e. The van der Waals surface area contributed by atoms with Crippen LogP contribution in [-0.4, -0.2) is 49.3 Å². The van der Waals surface area contributed by atoms with Crippen LogP contribution in [0.3, 0.4) is 0 Å². The molecule has 0 aliphatic rings. The zero-order valence-electron chi connectivity index (χ0n) is 22.2. The monoisotopic (exact) mass is 580 g/mol. The van der Waals surface area contributed by atoms with Crippen molar-refractivity contribution in [3.8, 4) is 23.0 Å². The molecule has 0 radical (unpaired) electrons. The number of methoxy groups -OCH3 is 4. The van der Waals surface area contributed by atoms with E-state index in [1.807, 2.05) is 6.92 Å². The minimum absolute atomic E-state index is 0.00509. The van der Waals surface area contributed by atoms with Gasteiger partial charge < -0.3 is 24.3 Å². The van der Waals surface area contributed by atoms with Gasteiger partial charge >= 0.3 is 0 Å². The Hall–Kier alpha value is -3.70. The number of benzene rings is 3. The van der Waals surface area contributed by atoms with Crippen molar-refractivity contribution < 1.29 is 36.6 Å². The van der Waals surface area contributed by atoms with E-state index in [0.717, 1.165) is 22.0 Å². The number of hydrogen-bond donors (Lipinski definition) is 1. The highest BCUT2D eigenvalue weighted by atomic mass is 35.5. The Kier molecular flexibility index (Phi) is 9.87. The third kappa shape index (κ3) is 6.66. The van der Waals surface area contributed by atoms with E-state index >= 15 is 0 Å². The summed E-state index contributed by atoms with van der Waals surface area (Å²) in [6.45, 7) is 1.27. The van der Waals surface area contributed by atoms with Gasteiger partial charge in [0.25, 0.3) is 10.0 Å². The van der Waals surface area contributed by atoms with Crippen LogP contribution in [0.2, 0.25) is 5.02 Å². The lowest BCUT2D eigenvalue weighted by molar-refractivity contribution is -0.120. The summed E-state index contributed by atoms with van der Waals surface area (Å²) in [6, 6.07) is 12.2. The van der Waals surface area contributed by atoms with Crippen LogP contribution in [0, 0.1) is 5.82 Å². The molecule has 210 valence electrons. The van der Waals surface area contributed by atoms with Gasteiger partial charge in [-0.25, -0.2) is 12.8 Å². The third-order valence-electron chi connectivity index (χ3n) is 5.97. The first-order chi connectivity index (χ1) is 18.6. The Labute approximate surface area is 232 Å². The highest BCUT2D eigenvalue weighted by molar-refractivity contribution is 7.92. The fourth-order valence-corrected chi connectivity index (χ4v) is 5.52. The third-order valence-corrected chi connectivity index (χ3v) is 8.03. The maximum Gasteiger partial charge on any atom is 0.264 e. The van der Waals surface area contributed by atoms with Gasteiger partial charge in [-0.2, -0.15) is 0 Å². The molecule has 0 aromatic heterocycles. The van der Waals surface area contributed by atoms with Gasteiger partial charge in [-0.05, 0) is 54.4 Å². The first-order valence-corrected chi connectivity index (χ1v) is 13.6. The molecule has 3 aromatic carbocycles. The van der Waals surface area contributed by atoms with E-state index in [-0.39, 0.29) is 21.4 Å². The van der Waals surface area contributed by atoms with Crippen molar-refractivity contribution >= 4 is 33.2 Å². The molecule has 12 heteroatoms. The highest BCUT2D eigenvalue weighted by Crippen LogP contribution is 2.34. The predicted octanol–water partition coefficient (Wildman–Crippen LogP) is 4.98.